The molecule has 0 saturated carbocycles. The summed E-state index contributed by atoms with van der Waals surface area (Å²) in [6, 6.07) is 9.60. The molecule has 1 N–H and O–H groups in total. The summed E-state index contributed by atoms with van der Waals surface area (Å²) >= 11 is 5.79. The summed E-state index contributed by atoms with van der Waals surface area (Å²) < 4.78 is 55.0. The average Bonchev–Trinajstić information content (AvgIpc) is 2.52. The Morgan fingerprint density at radius 2 is 1.92 bits per heavy atom. The highest BCUT2D eigenvalue weighted by Gasteiger charge is 2.29. The number of hydrogen-bond acceptors (Lipinski definition) is 2. The molecule has 2 aromatic carbocycles. The van der Waals surface area contributed by atoms with E-state index < -0.39 is 24.5 Å². The highest BCUT2D eigenvalue weighted by atomic mass is 35.5. The lowest BCUT2D eigenvalue weighted by molar-refractivity contribution is -0.153. The first-order valence-corrected chi connectivity index (χ1v) is 7.35. The van der Waals surface area contributed by atoms with Crippen molar-refractivity contribution in [1.29, 1.82) is 0 Å². The minimum Gasteiger partial charge on any atom is -0.482 e. The number of ether oxygens (including phenoxy) is 1. The first kappa shape index (κ1) is 18.8. The monoisotopic (exact) mass is 373 g/mol. The summed E-state index contributed by atoms with van der Waals surface area (Å²) in [5.74, 6) is -1.37. The number of halogens is 5. The maximum Gasteiger partial charge on any atom is 0.422 e. The first-order valence-electron chi connectivity index (χ1n) is 6.97. The van der Waals surface area contributed by atoms with Crippen molar-refractivity contribution < 1.29 is 27.1 Å². The average molecular weight is 374 g/mol. The molecule has 0 atom stereocenters. The van der Waals surface area contributed by atoms with Crippen LogP contribution in [0.3, 0.4) is 0 Å². The molecule has 0 radical (unpaired) electrons. The largest absolute Gasteiger partial charge is 0.482 e. The van der Waals surface area contributed by atoms with Crippen LogP contribution in [0.2, 0.25) is 5.02 Å². The van der Waals surface area contributed by atoms with E-state index in [1.165, 1.54) is 42.5 Å². The number of amides is 1. The molecule has 0 saturated heterocycles. The molecule has 2 aromatic rings. The molecule has 0 aromatic heterocycles. The number of hydrogen-bond donors (Lipinski definition) is 1. The summed E-state index contributed by atoms with van der Waals surface area (Å²) in [4.78, 5) is 11.9. The predicted molar refractivity (Wildman–Crippen MR) is 87.1 cm³/mol. The van der Waals surface area contributed by atoms with E-state index in [0.29, 0.717) is 0 Å². The van der Waals surface area contributed by atoms with E-state index in [0.717, 1.165) is 6.08 Å². The van der Waals surface area contributed by atoms with Gasteiger partial charge in [0.2, 0.25) is 5.91 Å². The van der Waals surface area contributed by atoms with Crippen LogP contribution < -0.4 is 10.1 Å². The van der Waals surface area contributed by atoms with Crippen LogP contribution in [0.4, 0.5) is 23.2 Å². The molecule has 0 aliphatic rings. The Hall–Kier alpha value is -2.54. The Morgan fingerprint density at radius 1 is 1.20 bits per heavy atom. The molecule has 132 valence electrons. The minimum absolute atomic E-state index is 0.0278. The first-order chi connectivity index (χ1) is 11.7. The second-order valence-electron chi connectivity index (χ2n) is 4.89. The standard InChI is InChI=1S/C17H12ClF4NO2/c18-12-6-7-15(25-10-17(20,21)22)14(9-12)23-16(24)8-5-11-3-1-2-4-13(11)19/h1-9H,10H2,(H,23,24)/b8-5+. The van der Waals surface area contributed by atoms with Crippen LogP contribution in [0.15, 0.2) is 48.5 Å². The van der Waals surface area contributed by atoms with Crippen LogP contribution in [0.25, 0.3) is 6.08 Å². The predicted octanol–water partition coefficient (Wildman–Crippen LogP) is 5.07. The van der Waals surface area contributed by atoms with Gasteiger partial charge in [-0.1, -0.05) is 29.8 Å². The number of carbonyl (C=O) groups excluding carboxylic acids is 1. The van der Waals surface area contributed by atoms with Crippen LogP contribution in [-0.4, -0.2) is 18.7 Å². The molecular formula is C17H12ClF4NO2. The van der Waals surface area contributed by atoms with Gasteiger partial charge in [-0.3, -0.25) is 4.79 Å². The van der Waals surface area contributed by atoms with Crippen LogP contribution in [-0.2, 0) is 4.79 Å². The van der Waals surface area contributed by atoms with Crippen molar-refractivity contribution in [3.63, 3.8) is 0 Å². The summed E-state index contributed by atoms with van der Waals surface area (Å²) in [6.45, 7) is -1.51. The molecule has 2 rings (SSSR count). The van der Waals surface area contributed by atoms with Crippen LogP contribution in [0.1, 0.15) is 5.56 Å². The van der Waals surface area contributed by atoms with Gasteiger partial charge in [0, 0.05) is 16.7 Å². The Labute approximate surface area is 145 Å². The van der Waals surface area contributed by atoms with E-state index in [4.69, 9.17) is 11.6 Å². The number of rotatable bonds is 5. The van der Waals surface area contributed by atoms with Crippen LogP contribution in [0, 0.1) is 5.82 Å². The molecule has 0 heterocycles. The fourth-order valence-corrected chi connectivity index (χ4v) is 2.01. The lowest BCUT2D eigenvalue weighted by Gasteiger charge is -2.13. The molecular weight excluding hydrogens is 362 g/mol. The van der Waals surface area contributed by atoms with Gasteiger partial charge < -0.3 is 10.1 Å². The number of alkyl halides is 3. The number of anilines is 1. The molecule has 0 bridgehead atoms. The van der Waals surface area contributed by atoms with Gasteiger partial charge in [-0.2, -0.15) is 13.2 Å². The second-order valence-corrected chi connectivity index (χ2v) is 5.32. The zero-order valence-corrected chi connectivity index (χ0v) is 13.4. The van der Waals surface area contributed by atoms with Crippen LogP contribution in [0.5, 0.6) is 5.75 Å². The highest BCUT2D eigenvalue weighted by molar-refractivity contribution is 6.31. The van der Waals surface area contributed by atoms with Crippen molar-refractivity contribution in [3.05, 3.63) is 64.9 Å². The van der Waals surface area contributed by atoms with Crippen molar-refractivity contribution in [2.45, 2.75) is 6.18 Å². The van der Waals surface area contributed by atoms with E-state index in [9.17, 15) is 22.4 Å². The van der Waals surface area contributed by atoms with Gasteiger partial charge >= 0.3 is 6.18 Å². The number of nitrogens with one attached hydrogen (secondary N) is 1. The minimum atomic E-state index is -4.52. The fraction of sp³-hybridized carbons (Fsp3) is 0.118. The SMILES string of the molecule is O=C(/C=C/c1ccccc1F)Nc1cc(Cl)ccc1OCC(F)(F)F. The van der Waals surface area contributed by atoms with Gasteiger partial charge in [0.15, 0.2) is 6.61 Å². The molecule has 0 fully saturated rings. The molecule has 0 unspecified atom stereocenters. The summed E-state index contributed by atoms with van der Waals surface area (Å²) in [7, 11) is 0. The Balaban J connectivity index is 2.11. The van der Waals surface area contributed by atoms with Crippen molar-refractivity contribution in [2.24, 2.45) is 0 Å². The zero-order chi connectivity index (χ0) is 18.4. The Morgan fingerprint density at radius 3 is 2.60 bits per heavy atom. The third kappa shape index (κ3) is 6.11. The molecule has 25 heavy (non-hydrogen) atoms. The van der Waals surface area contributed by atoms with E-state index in [2.05, 4.69) is 10.1 Å². The van der Waals surface area contributed by atoms with Crippen molar-refractivity contribution in [2.75, 3.05) is 11.9 Å². The summed E-state index contributed by atoms with van der Waals surface area (Å²) in [5.41, 5.74) is 0.164. The fourth-order valence-electron chi connectivity index (χ4n) is 1.84. The molecule has 3 nitrogen and oxygen atoms in total. The normalized spacial score (nSPS) is 11.6. The van der Waals surface area contributed by atoms with Gasteiger partial charge in [0.25, 0.3) is 0 Å². The molecule has 1 amide bonds. The van der Waals surface area contributed by atoms with Gasteiger partial charge in [0.05, 0.1) is 5.69 Å². The third-order valence-corrected chi connectivity index (χ3v) is 3.15. The summed E-state index contributed by atoms with van der Waals surface area (Å²) in [5, 5.41) is 2.55. The zero-order valence-electron chi connectivity index (χ0n) is 12.6. The van der Waals surface area contributed by atoms with Gasteiger partial charge in [-0.05, 0) is 30.3 Å². The molecule has 0 aliphatic heterocycles. The van der Waals surface area contributed by atoms with E-state index in [1.54, 1.807) is 6.07 Å². The van der Waals surface area contributed by atoms with E-state index in [1.807, 2.05) is 0 Å². The lowest BCUT2D eigenvalue weighted by Crippen LogP contribution is -2.20. The summed E-state index contributed by atoms with van der Waals surface area (Å²) in [6.07, 6.45) is -2.23. The smallest absolute Gasteiger partial charge is 0.422 e. The van der Waals surface area contributed by atoms with E-state index in [-0.39, 0.29) is 22.0 Å². The van der Waals surface area contributed by atoms with Crippen molar-refractivity contribution in [1.82, 2.24) is 0 Å². The maximum atomic E-state index is 13.5. The van der Waals surface area contributed by atoms with E-state index >= 15 is 0 Å². The lowest BCUT2D eigenvalue weighted by atomic mass is 10.2. The number of benzene rings is 2. The molecule has 0 aliphatic carbocycles. The maximum absolute atomic E-state index is 13.5. The molecule has 8 heteroatoms. The second kappa shape index (κ2) is 8.02. The highest BCUT2D eigenvalue weighted by Crippen LogP contribution is 2.29. The van der Waals surface area contributed by atoms with Crippen molar-refractivity contribution >= 4 is 29.3 Å². The van der Waals surface area contributed by atoms with Gasteiger partial charge in [-0.25, -0.2) is 4.39 Å². The van der Waals surface area contributed by atoms with Gasteiger partial charge in [-0.15, -0.1) is 0 Å². The van der Waals surface area contributed by atoms with Crippen LogP contribution >= 0.6 is 11.6 Å². The number of carbonyl (C=O) groups is 1. The third-order valence-electron chi connectivity index (χ3n) is 2.91. The Kier molecular flexibility index (Phi) is 6.03. The quantitative estimate of drug-likeness (QED) is 0.587. The van der Waals surface area contributed by atoms with Gasteiger partial charge in [0.1, 0.15) is 11.6 Å². The molecule has 0 spiro atoms. The Bertz CT molecular complexity index is 790. The van der Waals surface area contributed by atoms with Crippen molar-refractivity contribution in [3.8, 4) is 5.75 Å². The topological polar surface area (TPSA) is 38.3 Å².